The third-order valence-corrected chi connectivity index (χ3v) is 1.76. The molecule has 0 aliphatic rings. The van der Waals surface area contributed by atoms with Gasteiger partial charge in [0, 0.05) is 5.56 Å². The summed E-state index contributed by atoms with van der Waals surface area (Å²) in [6.45, 7) is 1.91. The van der Waals surface area contributed by atoms with E-state index in [9.17, 15) is 4.79 Å². The van der Waals surface area contributed by atoms with Crippen LogP contribution in [0.5, 0.6) is 0 Å². The summed E-state index contributed by atoms with van der Waals surface area (Å²) in [5.41, 5.74) is 2.39. The van der Waals surface area contributed by atoms with Crippen molar-refractivity contribution in [2.24, 2.45) is 0 Å². The van der Waals surface area contributed by atoms with Crippen LogP contribution in [0.1, 0.15) is 16.7 Å². The van der Waals surface area contributed by atoms with E-state index in [2.05, 4.69) is 5.92 Å². The zero-order chi connectivity index (χ0) is 9.84. The van der Waals surface area contributed by atoms with Gasteiger partial charge in [-0.25, -0.2) is 0 Å². The van der Waals surface area contributed by atoms with Gasteiger partial charge in [0.15, 0.2) is 0 Å². The number of aliphatic carboxylic acids is 1. The van der Waals surface area contributed by atoms with Crippen LogP contribution in [0.15, 0.2) is 18.2 Å². The van der Waals surface area contributed by atoms with Crippen LogP contribution in [0.2, 0.25) is 0 Å². The van der Waals surface area contributed by atoms with Crippen LogP contribution < -0.4 is 0 Å². The first-order valence-electron chi connectivity index (χ1n) is 3.91. The van der Waals surface area contributed by atoms with Crippen molar-refractivity contribution in [1.29, 1.82) is 0 Å². The predicted molar refractivity (Wildman–Crippen MR) is 50.5 cm³/mol. The molecule has 0 unspecified atom stereocenters. The van der Waals surface area contributed by atoms with Gasteiger partial charge in [-0.1, -0.05) is 23.6 Å². The highest BCUT2D eigenvalue weighted by molar-refractivity contribution is 5.71. The largest absolute Gasteiger partial charge is 0.481 e. The monoisotopic (exact) mass is 174 g/mol. The zero-order valence-corrected chi connectivity index (χ0v) is 7.37. The Balaban J connectivity index is 3.10. The Hall–Kier alpha value is -1.75. The van der Waals surface area contributed by atoms with E-state index >= 15 is 0 Å². The molecule has 0 fully saturated rings. The highest BCUT2D eigenvalue weighted by atomic mass is 16.4. The molecule has 0 saturated heterocycles. The van der Waals surface area contributed by atoms with Crippen LogP contribution in [0, 0.1) is 19.3 Å². The quantitative estimate of drug-likeness (QED) is 0.691. The normalized spacial score (nSPS) is 9.23. The van der Waals surface area contributed by atoms with Crippen molar-refractivity contribution in [3.63, 3.8) is 0 Å². The van der Waals surface area contributed by atoms with Gasteiger partial charge in [-0.3, -0.25) is 4.79 Å². The number of carbonyl (C=O) groups is 1. The molecule has 0 aromatic heterocycles. The second kappa shape index (κ2) is 3.77. The van der Waals surface area contributed by atoms with Crippen LogP contribution in [-0.2, 0) is 11.2 Å². The van der Waals surface area contributed by atoms with Gasteiger partial charge < -0.3 is 5.11 Å². The van der Waals surface area contributed by atoms with Gasteiger partial charge in [-0.15, -0.1) is 6.42 Å². The molecule has 0 saturated carbocycles. The van der Waals surface area contributed by atoms with Gasteiger partial charge in [0.2, 0.25) is 0 Å². The maximum Gasteiger partial charge on any atom is 0.307 e. The van der Waals surface area contributed by atoms with E-state index in [4.69, 9.17) is 11.5 Å². The molecule has 1 N–H and O–H groups in total. The summed E-state index contributed by atoms with van der Waals surface area (Å²) in [5, 5.41) is 8.61. The minimum Gasteiger partial charge on any atom is -0.481 e. The van der Waals surface area contributed by atoms with E-state index < -0.39 is 5.97 Å². The first-order chi connectivity index (χ1) is 6.13. The average Bonchev–Trinajstić information content (AvgIpc) is 2.03. The Morgan fingerprint density at radius 1 is 1.62 bits per heavy atom. The summed E-state index contributed by atoms with van der Waals surface area (Å²) in [4.78, 5) is 10.5. The van der Waals surface area contributed by atoms with Gasteiger partial charge >= 0.3 is 5.97 Å². The summed E-state index contributed by atoms with van der Waals surface area (Å²) >= 11 is 0. The van der Waals surface area contributed by atoms with Crippen LogP contribution in [-0.4, -0.2) is 11.1 Å². The molecule has 0 heterocycles. The molecule has 0 spiro atoms. The average molecular weight is 174 g/mol. The SMILES string of the molecule is C#Cc1ccc(C)cc1CC(=O)O. The first kappa shape index (κ1) is 9.34. The lowest BCUT2D eigenvalue weighted by molar-refractivity contribution is -0.136. The van der Waals surface area contributed by atoms with Crippen LogP contribution in [0.3, 0.4) is 0 Å². The fraction of sp³-hybridized carbons (Fsp3) is 0.182. The lowest BCUT2D eigenvalue weighted by atomic mass is 10.0. The molecule has 1 aromatic carbocycles. The Bertz CT molecular complexity index is 372. The fourth-order valence-electron chi connectivity index (χ4n) is 1.17. The fourth-order valence-corrected chi connectivity index (χ4v) is 1.17. The van der Waals surface area contributed by atoms with Crippen LogP contribution >= 0.6 is 0 Å². The molecule has 2 heteroatoms. The summed E-state index contributed by atoms with van der Waals surface area (Å²) < 4.78 is 0. The summed E-state index contributed by atoms with van der Waals surface area (Å²) in [6.07, 6.45) is 5.22. The number of rotatable bonds is 2. The van der Waals surface area contributed by atoms with Crippen molar-refractivity contribution in [1.82, 2.24) is 0 Å². The van der Waals surface area contributed by atoms with E-state index in [-0.39, 0.29) is 6.42 Å². The van der Waals surface area contributed by atoms with E-state index in [0.717, 1.165) is 5.56 Å². The van der Waals surface area contributed by atoms with E-state index in [1.807, 2.05) is 19.1 Å². The van der Waals surface area contributed by atoms with Crippen molar-refractivity contribution in [3.05, 3.63) is 34.9 Å². The third-order valence-electron chi connectivity index (χ3n) is 1.76. The molecule has 0 atom stereocenters. The molecule has 13 heavy (non-hydrogen) atoms. The summed E-state index contributed by atoms with van der Waals surface area (Å²) in [6, 6.07) is 5.46. The first-order valence-corrected chi connectivity index (χ1v) is 3.91. The molecule has 0 aliphatic heterocycles. The Morgan fingerprint density at radius 2 is 2.31 bits per heavy atom. The third kappa shape index (κ3) is 2.34. The molecule has 0 aliphatic carbocycles. The zero-order valence-electron chi connectivity index (χ0n) is 7.37. The summed E-state index contributed by atoms with van der Waals surface area (Å²) in [5.74, 6) is 1.61. The van der Waals surface area contributed by atoms with Crippen molar-refractivity contribution in [3.8, 4) is 12.3 Å². The van der Waals surface area contributed by atoms with Crippen LogP contribution in [0.25, 0.3) is 0 Å². The second-order valence-electron chi connectivity index (χ2n) is 2.88. The maximum absolute atomic E-state index is 10.5. The standard InChI is InChI=1S/C11H10O2/c1-3-9-5-4-8(2)6-10(9)7-11(12)13/h1,4-6H,7H2,2H3,(H,12,13). The number of hydrogen-bond donors (Lipinski definition) is 1. The number of carboxylic acid groups (broad SMARTS) is 1. The van der Waals surface area contributed by atoms with Gasteiger partial charge in [0.25, 0.3) is 0 Å². The number of terminal acetylenes is 1. The predicted octanol–water partition coefficient (Wildman–Crippen LogP) is 1.60. The number of aryl methyl sites for hydroxylation is 1. The minimum atomic E-state index is -0.859. The molecular weight excluding hydrogens is 164 g/mol. The highest BCUT2D eigenvalue weighted by Gasteiger charge is 2.04. The van der Waals surface area contributed by atoms with Gasteiger partial charge in [0.05, 0.1) is 6.42 Å². The highest BCUT2D eigenvalue weighted by Crippen LogP contribution is 2.11. The van der Waals surface area contributed by atoms with E-state index in [1.54, 1.807) is 6.07 Å². The number of carboxylic acids is 1. The van der Waals surface area contributed by atoms with Crippen molar-refractivity contribution < 1.29 is 9.90 Å². The van der Waals surface area contributed by atoms with Gasteiger partial charge in [0.1, 0.15) is 0 Å². The Labute approximate surface area is 77.2 Å². The van der Waals surface area contributed by atoms with Crippen molar-refractivity contribution in [2.75, 3.05) is 0 Å². The van der Waals surface area contributed by atoms with Gasteiger partial charge in [-0.05, 0) is 18.6 Å². The molecule has 0 amide bonds. The Kier molecular flexibility index (Phi) is 2.71. The lowest BCUT2D eigenvalue weighted by Crippen LogP contribution is -2.02. The molecule has 2 nitrogen and oxygen atoms in total. The number of hydrogen-bond acceptors (Lipinski definition) is 1. The van der Waals surface area contributed by atoms with Crippen molar-refractivity contribution >= 4 is 5.97 Å². The van der Waals surface area contributed by atoms with Crippen LogP contribution in [0.4, 0.5) is 0 Å². The molecular formula is C11H10O2. The maximum atomic E-state index is 10.5. The Morgan fingerprint density at radius 3 is 2.85 bits per heavy atom. The second-order valence-corrected chi connectivity index (χ2v) is 2.88. The van der Waals surface area contributed by atoms with Crippen molar-refractivity contribution in [2.45, 2.75) is 13.3 Å². The minimum absolute atomic E-state index is 0.0127. The smallest absolute Gasteiger partial charge is 0.307 e. The molecule has 66 valence electrons. The molecule has 1 rings (SSSR count). The lowest BCUT2D eigenvalue weighted by Gasteiger charge is -2.02. The van der Waals surface area contributed by atoms with E-state index in [0.29, 0.717) is 11.1 Å². The summed E-state index contributed by atoms with van der Waals surface area (Å²) in [7, 11) is 0. The van der Waals surface area contributed by atoms with Gasteiger partial charge in [-0.2, -0.15) is 0 Å². The number of benzene rings is 1. The molecule has 0 radical (unpaired) electrons. The molecule has 0 bridgehead atoms. The van der Waals surface area contributed by atoms with E-state index in [1.165, 1.54) is 0 Å². The topological polar surface area (TPSA) is 37.3 Å². The molecule has 1 aromatic rings.